The van der Waals surface area contributed by atoms with E-state index in [1.54, 1.807) is 11.3 Å². The van der Waals surface area contributed by atoms with Crippen molar-refractivity contribution in [3.63, 3.8) is 0 Å². The van der Waals surface area contributed by atoms with E-state index in [2.05, 4.69) is 29.2 Å². The van der Waals surface area contributed by atoms with E-state index in [-0.39, 0.29) is 6.10 Å². The van der Waals surface area contributed by atoms with Crippen LogP contribution in [0.4, 0.5) is 5.82 Å². The Morgan fingerprint density at radius 1 is 1.33 bits per heavy atom. The minimum atomic E-state index is 0.235. The Morgan fingerprint density at radius 3 is 2.95 bits per heavy atom. The molecule has 0 aliphatic rings. The van der Waals surface area contributed by atoms with Crippen LogP contribution < -0.4 is 11.3 Å². The van der Waals surface area contributed by atoms with Gasteiger partial charge >= 0.3 is 0 Å². The molecule has 0 aliphatic heterocycles. The normalized spacial score (nSPS) is 12.7. The van der Waals surface area contributed by atoms with Gasteiger partial charge in [-0.1, -0.05) is 32.6 Å². The molecular formula is C15H24N4OS. The third-order valence-corrected chi connectivity index (χ3v) is 4.28. The molecule has 2 aromatic rings. The summed E-state index contributed by atoms with van der Waals surface area (Å²) in [5.41, 5.74) is 2.63. The number of unbranched alkanes of at least 4 members (excludes halogenated alkanes) is 3. The number of hydrogen-bond acceptors (Lipinski definition) is 6. The summed E-state index contributed by atoms with van der Waals surface area (Å²) in [5, 5.41) is 2.94. The van der Waals surface area contributed by atoms with Crippen molar-refractivity contribution in [2.75, 3.05) is 5.43 Å². The monoisotopic (exact) mass is 308 g/mol. The first-order valence-electron chi connectivity index (χ1n) is 7.57. The molecular weight excluding hydrogens is 284 g/mol. The quantitative estimate of drug-likeness (QED) is 0.418. The van der Waals surface area contributed by atoms with Crippen LogP contribution in [0.2, 0.25) is 0 Å². The fraction of sp³-hybridized carbons (Fsp3) is 0.600. The van der Waals surface area contributed by atoms with Crippen LogP contribution in [0.25, 0.3) is 10.2 Å². The van der Waals surface area contributed by atoms with E-state index in [9.17, 15) is 0 Å². The Bertz CT molecular complexity index is 558. The lowest BCUT2D eigenvalue weighted by Crippen LogP contribution is -2.13. The van der Waals surface area contributed by atoms with Gasteiger partial charge in [0.25, 0.3) is 0 Å². The van der Waals surface area contributed by atoms with Gasteiger partial charge in [0, 0.05) is 0 Å². The van der Waals surface area contributed by atoms with E-state index in [1.165, 1.54) is 25.7 Å². The molecule has 0 amide bonds. The van der Waals surface area contributed by atoms with E-state index >= 15 is 0 Å². The molecule has 1 atom stereocenters. The number of fused-ring (bicyclic) bond motifs is 1. The standard InChI is InChI=1S/C15H24N4OS/c1-3-4-5-6-7-11(2)20-10-13-17-14(19-16)12-8-9-21-15(12)18-13/h8-9,11H,3-7,10,16H2,1-2H3,(H,17,18,19). The van der Waals surface area contributed by atoms with Crippen molar-refractivity contribution in [2.24, 2.45) is 5.84 Å². The van der Waals surface area contributed by atoms with Gasteiger partial charge in [0.15, 0.2) is 11.6 Å². The van der Waals surface area contributed by atoms with Crippen molar-refractivity contribution in [3.8, 4) is 0 Å². The van der Waals surface area contributed by atoms with Crippen molar-refractivity contribution >= 4 is 27.4 Å². The van der Waals surface area contributed by atoms with Gasteiger partial charge in [0.2, 0.25) is 0 Å². The molecule has 21 heavy (non-hydrogen) atoms. The summed E-state index contributed by atoms with van der Waals surface area (Å²) in [6.45, 7) is 4.76. The van der Waals surface area contributed by atoms with Gasteiger partial charge in [0.1, 0.15) is 11.4 Å². The third-order valence-electron chi connectivity index (χ3n) is 3.47. The molecule has 0 aliphatic carbocycles. The van der Waals surface area contributed by atoms with Gasteiger partial charge in [-0.25, -0.2) is 15.8 Å². The Hall–Kier alpha value is -1.24. The van der Waals surface area contributed by atoms with Crippen LogP contribution in [0, 0.1) is 0 Å². The van der Waals surface area contributed by atoms with Gasteiger partial charge in [-0.15, -0.1) is 11.3 Å². The lowest BCUT2D eigenvalue weighted by atomic mass is 10.1. The minimum absolute atomic E-state index is 0.235. The predicted molar refractivity (Wildman–Crippen MR) is 88.2 cm³/mol. The van der Waals surface area contributed by atoms with Crippen molar-refractivity contribution < 1.29 is 4.74 Å². The van der Waals surface area contributed by atoms with Crippen LogP contribution in [0.3, 0.4) is 0 Å². The molecule has 0 saturated heterocycles. The number of nitrogens with one attached hydrogen (secondary N) is 1. The van der Waals surface area contributed by atoms with Crippen LogP contribution in [0.5, 0.6) is 0 Å². The molecule has 2 heterocycles. The fourth-order valence-electron chi connectivity index (χ4n) is 2.23. The molecule has 0 spiro atoms. The zero-order chi connectivity index (χ0) is 15.1. The molecule has 0 bridgehead atoms. The molecule has 0 radical (unpaired) electrons. The summed E-state index contributed by atoms with van der Waals surface area (Å²) < 4.78 is 5.84. The van der Waals surface area contributed by atoms with Crippen molar-refractivity contribution in [2.45, 2.75) is 58.7 Å². The van der Waals surface area contributed by atoms with Crippen LogP contribution in [0.1, 0.15) is 51.8 Å². The molecule has 0 fully saturated rings. The summed E-state index contributed by atoms with van der Waals surface area (Å²) in [5.74, 6) is 6.86. The Morgan fingerprint density at radius 2 is 2.19 bits per heavy atom. The summed E-state index contributed by atoms with van der Waals surface area (Å²) in [7, 11) is 0. The number of nitrogen functional groups attached to an aromatic ring is 1. The number of aromatic nitrogens is 2. The highest BCUT2D eigenvalue weighted by molar-refractivity contribution is 7.16. The summed E-state index contributed by atoms with van der Waals surface area (Å²) in [6, 6.07) is 1.97. The lowest BCUT2D eigenvalue weighted by Gasteiger charge is -2.12. The van der Waals surface area contributed by atoms with Crippen molar-refractivity contribution in [3.05, 3.63) is 17.3 Å². The fourth-order valence-corrected chi connectivity index (χ4v) is 3.02. The van der Waals surface area contributed by atoms with Gasteiger partial charge in [-0.3, -0.25) is 0 Å². The molecule has 0 saturated carbocycles. The number of nitrogens with two attached hydrogens (primary N) is 1. The SMILES string of the molecule is CCCCCCC(C)OCc1nc(NN)c2ccsc2n1. The Labute approximate surface area is 129 Å². The first-order valence-corrected chi connectivity index (χ1v) is 8.45. The highest BCUT2D eigenvalue weighted by atomic mass is 32.1. The first-order chi connectivity index (χ1) is 10.2. The summed E-state index contributed by atoms with van der Waals surface area (Å²) >= 11 is 1.58. The predicted octanol–water partition coefficient (Wildman–Crippen LogP) is 3.85. The Balaban J connectivity index is 1.88. The van der Waals surface area contributed by atoms with E-state index in [0.717, 1.165) is 16.6 Å². The zero-order valence-corrected chi connectivity index (χ0v) is 13.6. The molecule has 5 nitrogen and oxygen atoms in total. The maximum atomic E-state index is 5.84. The number of ether oxygens (including phenoxy) is 1. The van der Waals surface area contributed by atoms with Crippen LogP contribution in [-0.2, 0) is 11.3 Å². The number of hydrazine groups is 1. The van der Waals surface area contributed by atoms with Gasteiger partial charge in [-0.2, -0.15) is 0 Å². The maximum absolute atomic E-state index is 5.84. The lowest BCUT2D eigenvalue weighted by molar-refractivity contribution is 0.0421. The van der Waals surface area contributed by atoms with E-state index < -0.39 is 0 Å². The first kappa shape index (κ1) is 16.1. The minimum Gasteiger partial charge on any atom is -0.371 e. The van der Waals surface area contributed by atoms with E-state index in [1.807, 2.05) is 11.4 Å². The Kier molecular flexibility index (Phi) is 6.35. The van der Waals surface area contributed by atoms with Crippen LogP contribution in [0.15, 0.2) is 11.4 Å². The number of hydrogen-bond donors (Lipinski definition) is 2. The van der Waals surface area contributed by atoms with E-state index in [4.69, 9.17) is 10.6 Å². The summed E-state index contributed by atoms with van der Waals surface area (Å²) in [4.78, 5) is 9.86. The molecule has 0 aromatic carbocycles. The topological polar surface area (TPSA) is 73.1 Å². The molecule has 1 unspecified atom stereocenters. The zero-order valence-electron chi connectivity index (χ0n) is 12.8. The number of thiophene rings is 1. The highest BCUT2D eigenvalue weighted by Gasteiger charge is 2.09. The number of rotatable bonds is 9. The second-order valence-electron chi connectivity index (χ2n) is 5.24. The molecule has 3 N–H and O–H groups in total. The van der Waals surface area contributed by atoms with Crippen LogP contribution in [-0.4, -0.2) is 16.1 Å². The largest absolute Gasteiger partial charge is 0.371 e. The van der Waals surface area contributed by atoms with Gasteiger partial charge in [0.05, 0.1) is 11.5 Å². The van der Waals surface area contributed by atoms with Crippen LogP contribution >= 0.6 is 11.3 Å². The summed E-state index contributed by atoms with van der Waals surface area (Å²) in [6.07, 6.45) is 6.38. The number of nitrogens with zero attached hydrogens (tertiary/aromatic N) is 2. The van der Waals surface area contributed by atoms with Gasteiger partial charge in [-0.05, 0) is 24.8 Å². The second kappa shape index (κ2) is 8.26. The smallest absolute Gasteiger partial charge is 0.158 e. The van der Waals surface area contributed by atoms with E-state index in [0.29, 0.717) is 18.2 Å². The maximum Gasteiger partial charge on any atom is 0.158 e. The van der Waals surface area contributed by atoms with Crippen molar-refractivity contribution in [1.82, 2.24) is 9.97 Å². The molecule has 116 valence electrons. The van der Waals surface area contributed by atoms with Gasteiger partial charge < -0.3 is 10.2 Å². The molecule has 6 heteroatoms. The van der Waals surface area contributed by atoms with Crippen molar-refractivity contribution in [1.29, 1.82) is 0 Å². The molecule has 2 aromatic heterocycles. The number of anilines is 1. The second-order valence-corrected chi connectivity index (χ2v) is 6.14. The third kappa shape index (κ3) is 4.62. The molecule has 2 rings (SSSR count). The average Bonchev–Trinajstić information content (AvgIpc) is 2.97. The average molecular weight is 308 g/mol. The highest BCUT2D eigenvalue weighted by Crippen LogP contribution is 2.24.